The number of hydrogen-bond donors (Lipinski definition) is 0. The van der Waals surface area contributed by atoms with Gasteiger partial charge in [-0.1, -0.05) is 35.3 Å². The zero-order valence-corrected chi connectivity index (χ0v) is 13.5. The Kier molecular flexibility index (Phi) is 5.63. The highest BCUT2D eigenvalue weighted by Crippen LogP contribution is 2.39. The molecule has 2 aromatic carbocycles. The van der Waals surface area contributed by atoms with Crippen molar-refractivity contribution in [3.63, 3.8) is 0 Å². The fourth-order valence-corrected chi connectivity index (χ4v) is 2.19. The molecule has 2 nitrogen and oxygen atoms in total. The summed E-state index contributed by atoms with van der Waals surface area (Å²) in [7, 11) is 0. The minimum Gasteiger partial charge on any atom is -0.171 e. The first-order chi connectivity index (χ1) is 11.5. The molecule has 0 aliphatic heterocycles. The second-order valence-corrected chi connectivity index (χ2v) is 5.72. The summed E-state index contributed by atoms with van der Waals surface area (Å²) in [6.07, 6.45) is -9.38. The van der Waals surface area contributed by atoms with Gasteiger partial charge in [0.25, 0.3) is 0 Å². The third kappa shape index (κ3) is 5.09. The van der Waals surface area contributed by atoms with E-state index in [0.29, 0.717) is 12.1 Å². The van der Waals surface area contributed by atoms with E-state index in [9.17, 15) is 26.3 Å². The van der Waals surface area contributed by atoms with E-state index in [2.05, 4.69) is 10.2 Å². The average molecular weight is 401 g/mol. The molecule has 0 bridgehead atoms. The van der Waals surface area contributed by atoms with Crippen LogP contribution in [0.2, 0.25) is 10.0 Å². The van der Waals surface area contributed by atoms with E-state index in [0.717, 1.165) is 18.2 Å². The second kappa shape index (κ2) is 7.21. The van der Waals surface area contributed by atoms with Gasteiger partial charge in [-0.2, -0.15) is 36.6 Å². The number of halogens is 8. The maximum atomic E-state index is 13.2. The first-order valence-corrected chi connectivity index (χ1v) is 7.34. The molecule has 10 heteroatoms. The largest absolute Gasteiger partial charge is 0.416 e. The van der Waals surface area contributed by atoms with E-state index in [1.165, 1.54) is 12.1 Å². The first-order valence-electron chi connectivity index (χ1n) is 6.58. The third-order valence-electron chi connectivity index (χ3n) is 3.05. The number of azo groups is 1. The molecule has 2 rings (SSSR count). The van der Waals surface area contributed by atoms with Crippen LogP contribution >= 0.6 is 23.2 Å². The van der Waals surface area contributed by atoms with Crippen molar-refractivity contribution in [3.8, 4) is 0 Å². The quantitative estimate of drug-likeness (QED) is 0.378. The van der Waals surface area contributed by atoms with Crippen molar-refractivity contribution in [1.29, 1.82) is 0 Å². The predicted molar refractivity (Wildman–Crippen MR) is 81.2 cm³/mol. The summed E-state index contributed by atoms with van der Waals surface area (Å²) in [4.78, 5) is 0. The standard InChI is InChI=1S/C15H8Cl2F6N2/c16-10-4-1-8(2-5-10)13(15(21,22)23)25-24-12-6-3-9(7-11(12)17)14(18,19)20/h1-7,13H. The lowest BCUT2D eigenvalue weighted by Crippen LogP contribution is -2.18. The zero-order chi connectivity index (χ0) is 18.8. The van der Waals surface area contributed by atoms with Crippen LogP contribution in [-0.2, 0) is 6.18 Å². The lowest BCUT2D eigenvalue weighted by Gasteiger charge is -2.15. The number of rotatable bonds is 3. The molecule has 0 fully saturated rings. The van der Waals surface area contributed by atoms with Gasteiger partial charge in [-0.3, -0.25) is 0 Å². The highest BCUT2D eigenvalue weighted by molar-refractivity contribution is 6.33. The van der Waals surface area contributed by atoms with Crippen molar-refractivity contribution in [2.24, 2.45) is 10.2 Å². The van der Waals surface area contributed by atoms with Crippen LogP contribution in [0.15, 0.2) is 52.7 Å². The molecule has 1 atom stereocenters. The summed E-state index contributed by atoms with van der Waals surface area (Å²) in [5, 5.41) is 6.36. The van der Waals surface area contributed by atoms with Crippen LogP contribution in [0.1, 0.15) is 17.2 Å². The average Bonchev–Trinajstić information content (AvgIpc) is 2.48. The molecule has 0 saturated heterocycles. The molecule has 0 saturated carbocycles. The molecule has 0 amide bonds. The molecule has 0 heterocycles. The van der Waals surface area contributed by atoms with Crippen LogP contribution in [-0.4, -0.2) is 6.18 Å². The molecule has 2 aromatic rings. The topological polar surface area (TPSA) is 24.7 Å². The van der Waals surface area contributed by atoms with Crippen molar-refractivity contribution in [1.82, 2.24) is 0 Å². The van der Waals surface area contributed by atoms with Crippen molar-refractivity contribution in [2.75, 3.05) is 0 Å². The van der Waals surface area contributed by atoms with Crippen molar-refractivity contribution in [2.45, 2.75) is 18.4 Å². The lowest BCUT2D eigenvalue weighted by atomic mass is 10.1. The summed E-state index contributed by atoms with van der Waals surface area (Å²) >= 11 is 11.3. The van der Waals surface area contributed by atoms with Crippen LogP contribution in [0.5, 0.6) is 0 Å². The molecule has 0 radical (unpaired) electrons. The molecule has 25 heavy (non-hydrogen) atoms. The molecule has 1 unspecified atom stereocenters. The predicted octanol–water partition coefficient (Wildman–Crippen LogP) is 7.40. The van der Waals surface area contributed by atoms with Crippen molar-refractivity contribution >= 4 is 28.9 Å². The molecule has 0 spiro atoms. The van der Waals surface area contributed by atoms with Gasteiger partial charge < -0.3 is 0 Å². The number of hydrogen-bond acceptors (Lipinski definition) is 2. The van der Waals surface area contributed by atoms with Gasteiger partial charge in [0.15, 0.2) is 6.04 Å². The van der Waals surface area contributed by atoms with E-state index in [4.69, 9.17) is 23.2 Å². The maximum absolute atomic E-state index is 13.2. The molecule has 0 aliphatic carbocycles. The molecular weight excluding hydrogens is 393 g/mol. The van der Waals surface area contributed by atoms with Crippen LogP contribution in [0.4, 0.5) is 32.0 Å². The summed E-state index contributed by atoms with van der Waals surface area (Å²) in [6, 6.07) is 4.56. The Bertz CT molecular complexity index is 769. The number of alkyl halides is 6. The molecular formula is C15H8Cl2F6N2. The zero-order valence-electron chi connectivity index (χ0n) is 12.0. The van der Waals surface area contributed by atoms with Gasteiger partial charge in [0.05, 0.1) is 10.6 Å². The smallest absolute Gasteiger partial charge is 0.171 e. The second-order valence-electron chi connectivity index (χ2n) is 4.88. The Hall–Kier alpha value is -1.80. The number of benzene rings is 2. The summed E-state index contributed by atoms with van der Waals surface area (Å²) in [6.45, 7) is 0. The Morgan fingerprint density at radius 3 is 1.92 bits per heavy atom. The van der Waals surface area contributed by atoms with Gasteiger partial charge in [0.1, 0.15) is 5.69 Å². The molecule has 0 aliphatic rings. The van der Waals surface area contributed by atoms with Crippen molar-refractivity contribution in [3.05, 3.63) is 63.6 Å². The highest BCUT2D eigenvalue weighted by Gasteiger charge is 2.41. The first kappa shape index (κ1) is 19.5. The number of nitrogens with zero attached hydrogens (tertiary/aromatic N) is 2. The van der Waals surface area contributed by atoms with Crippen LogP contribution in [0, 0.1) is 0 Å². The van der Waals surface area contributed by atoms with Gasteiger partial charge in [-0.05, 0) is 35.9 Å². The van der Waals surface area contributed by atoms with Gasteiger partial charge in [-0.25, -0.2) is 0 Å². The lowest BCUT2D eigenvalue weighted by molar-refractivity contribution is -0.149. The third-order valence-corrected chi connectivity index (χ3v) is 3.61. The Morgan fingerprint density at radius 2 is 1.44 bits per heavy atom. The fraction of sp³-hybridized carbons (Fsp3) is 0.200. The van der Waals surface area contributed by atoms with E-state index in [-0.39, 0.29) is 16.3 Å². The highest BCUT2D eigenvalue weighted by atomic mass is 35.5. The Morgan fingerprint density at radius 1 is 0.840 bits per heavy atom. The molecule has 134 valence electrons. The van der Waals surface area contributed by atoms with Crippen LogP contribution in [0.3, 0.4) is 0 Å². The SMILES string of the molecule is FC(F)(F)c1ccc(N=NC(c2ccc(Cl)cc2)C(F)(F)F)c(Cl)c1. The van der Waals surface area contributed by atoms with Crippen molar-refractivity contribution < 1.29 is 26.3 Å². The Balaban J connectivity index is 2.35. The van der Waals surface area contributed by atoms with Gasteiger partial charge in [0.2, 0.25) is 0 Å². The summed E-state index contributed by atoms with van der Waals surface area (Å²) in [5.41, 5.74) is -1.57. The normalized spacial score (nSPS) is 14.1. The minimum atomic E-state index is -4.75. The van der Waals surface area contributed by atoms with E-state index in [1.807, 2.05) is 0 Å². The monoisotopic (exact) mass is 400 g/mol. The molecule has 0 N–H and O–H groups in total. The maximum Gasteiger partial charge on any atom is 0.416 e. The van der Waals surface area contributed by atoms with Gasteiger partial charge in [0, 0.05) is 5.02 Å². The van der Waals surface area contributed by atoms with E-state index >= 15 is 0 Å². The minimum absolute atomic E-state index is 0.219. The van der Waals surface area contributed by atoms with Gasteiger partial charge >= 0.3 is 12.4 Å². The summed E-state index contributed by atoms with van der Waals surface area (Å²) in [5.74, 6) is 0. The van der Waals surface area contributed by atoms with E-state index < -0.39 is 29.0 Å². The van der Waals surface area contributed by atoms with Crippen LogP contribution < -0.4 is 0 Å². The van der Waals surface area contributed by atoms with E-state index in [1.54, 1.807) is 0 Å². The van der Waals surface area contributed by atoms with Crippen LogP contribution in [0.25, 0.3) is 0 Å². The summed E-state index contributed by atoms with van der Waals surface area (Å²) < 4.78 is 77.1. The fourth-order valence-electron chi connectivity index (χ4n) is 1.85. The molecule has 0 aromatic heterocycles. The Labute approximate surface area is 148 Å². The van der Waals surface area contributed by atoms with Gasteiger partial charge in [-0.15, -0.1) is 0 Å².